The number of methoxy groups -OCH3 is 1. The van der Waals surface area contributed by atoms with Gasteiger partial charge in [0.1, 0.15) is 0 Å². The van der Waals surface area contributed by atoms with Gasteiger partial charge in [0.15, 0.2) is 0 Å². The Balaban J connectivity index is 2.75. The van der Waals surface area contributed by atoms with Crippen LogP contribution in [0.2, 0.25) is 0 Å². The predicted octanol–water partition coefficient (Wildman–Crippen LogP) is 0.589. The van der Waals surface area contributed by atoms with Crippen LogP contribution in [0.1, 0.15) is 5.56 Å². The molecule has 1 aromatic heterocycles. The van der Waals surface area contributed by atoms with Crippen LogP contribution in [0.3, 0.4) is 0 Å². The summed E-state index contributed by atoms with van der Waals surface area (Å²) >= 11 is 0. The first kappa shape index (κ1) is 9.25. The highest BCUT2D eigenvalue weighted by Gasteiger charge is 1.91. The quantitative estimate of drug-likeness (QED) is 0.689. The summed E-state index contributed by atoms with van der Waals surface area (Å²) in [7, 11) is 1.54. The molecular weight excluding hydrogens is 168 g/mol. The van der Waals surface area contributed by atoms with E-state index in [0.717, 1.165) is 5.56 Å². The van der Waals surface area contributed by atoms with E-state index in [1.54, 1.807) is 31.5 Å². The average Bonchev–Trinajstić information content (AvgIpc) is 2.15. The van der Waals surface area contributed by atoms with Gasteiger partial charge in [-0.2, -0.15) is 0 Å². The second-order valence-electron chi connectivity index (χ2n) is 2.37. The molecule has 1 rings (SSSR count). The van der Waals surface area contributed by atoms with E-state index >= 15 is 0 Å². The van der Waals surface area contributed by atoms with Gasteiger partial charge in [-0.15, -0.1) is 0 Å². The molecule has 0 aliphatic carbocycles. The van der Waals surface area contributed by atoms with Crippen molar-refractivity contribution in [2.24, 2.45) is 5.73 Å². The van der Waals surface area contributed by atoms with Crippen molar-refractivity contribution in [3.8, 4) is 5.88 Å². The lowest BCUT2D eigenvalue weighted by atomic mass is 10.2. The van der Waals surface area contributed by atoms with Crippen molar-refractivity contribution in [2.75, 3.05) is 7.11 Å². The highest BCUT2D eigenvalue weighted by atomic mass is 16.5. The zero-order chi connectivity index (χ0) is 9.68. The fourth-order valence-electron chi connectivity index (χ4n) is 0.789. The number of nitrogens with two attached hydrogens (primary N) is 1. The summed E-state index contributed by atoms with van der Waals surface area (Å²) < 4.78 is 4.87. The van der Waals surface area contributed by atoms with Gasteiger partial charge < -0.3 is 10.5 Å². The van der Waals surface area contributed by atoms with Crippen LogP contribution in [0.25, 0.3) is 6.08 Å². The number of hydrogen-bond acceptors (Lipinski definition) is 3. The van der Waals surface area contributed by atoms with Gasteiger partial charge in [-0.3, -0.25) is 4.79 Å². The van der Waals surface area contributed by atoms with Crippen molar-refractivity contribution in [1.29, 1.82) is 0 Å². The minimum absolute atomic E-state index is 0.476. The molecule has 0 unspecified atom stereocenters. The van der Waals surface area contributed by atoms with Crippen LogP contribution in [0.4, 0.5) is 0 Å². The molecule has 1 heterocycles. The number of aromatic nitrogens is 1. The fourth-order valence-corrected chi connectivity index (χ4v) is 0.789. The minimum atomic E-state index is -0.476. The molecule has 1 amide bonds. The van der Waals surface area contributed by atoms with Crippen molar-refractivity contribution in [1.82, 2.24) is 4.98 Å². The molecular formula is C9H10N2O2. The number of amides is 1. The zero-order valence-electron chi connectivity index (χ0n) is 7.23. The molecule has 0 aromatic carbocycles. The Kier molecular flexibility index (Phi) is 3.03. The molecule has 0 saturated heterocycles. The molecule has 4 heteroatoms. The third-order valence-electron chi connectivity index (χ3n) is 1.41. The SMILES string of the molecule is COc1ccc(/C=C/C(N)=O)cn1. The largest absolute Gasteiger partial charge is 0.481 e. The number of rotatable bonds is 3. The van der Waals surface area contributed by atoms with Crippen molar-refractivity contribution in [3.05, 3.63) is 30.0 Å². The molecule has 0 bridgehead atoms. The highest BCUT2D eigenvalue weighted by Crippen LogP contribution is 2.07. The monoisotopic (exact) mass is 178 g/mol. The molecule has 2 N–H and O–H groups in total. The third kappa shape index (κ3) is 2.94. The smallest absolute Gasteiger partial charge is 0.241 e. The van der Waals surface area contributed by atoms with Gasteiger partial charge in [-0.1, -0.05) is 0 Å². The number of carbonyl (C=O) groups excluding carboxylic acids is 1. The van der Waals surface area contributed by atoms with Crippen LogP contribution in [0.5, 0.6) is 5.88 Å². The van der Waals surface area contributed by atoms with Crippen molar-refractivity contribution >= 4 is 12.0 Å². The van der Waals surface area contributed by atoms with E-state index in [0.29, 0.717) is 5.88 Å². The van der Waals surface area contributed by atoms with E-state index in [1.165, 1.54) is 6.08 Å². The lowest BCUT2D eigenvalue weighted by Crippen LogP contribution is -2.05. The maximum atomic E-state index is 10.4. The molecule has 13 heavy (non-hydrogen) atoms. The topological polar surface area (TPSA) is 65.2 Å². The molecule has 0 radical (unpaired) electrons. The summed E-state index contributed by atoms with van der Waals surface area (Å²) in [6.45, 7) is 0. The summed E-state index contributed by atoms with van der Waals surface area (Å²) in [5.74, 6) is 0.0621. The van der Waals surface area contributed by atoms with Gasteiger partial charge in [0.05, 0.1) is 7.11 Å². The minimum Gasteiger partial charge on any atom is -0.481 e. The van der Waals surface area contributed by atoms with E-state index in [9.17, 15) is 4.79 Å². The van der Waals surface area contributed by atoms with E-state index in [4.69, 9.17) is 10.5 Å². The Morgan fingerprint density at radius 3 is 2.85 bits per heavy atom. The number of nitrogens with zero attached hydrogens (tertiary/aromatic N) is 1. The average molecular weight is 178 g/mol. The van der Waals surface area contributed by atoms with Crippen molar-refractivity contribution in [3.63, 3.8) is 0 Å². The number of carbonyl (C=O) groups is 1. The molecule has 1 aromatic rings. The summed E-state index contributed by atoms with van der Waals surface area (Å²) in [5, 5.41) is 0. The molecule has 0 atom stereocenters. The first-order chi connectivity index (χ1) is 6.22. The summed E-state index contributed by atoms with van der Waals surface area (Å²) in [6.07, 6.45) is 4.47. The first-order valence-electron chi connectivity index (χ1n) is 3.70. The van der Waals surface area contributed by atoms with Gasteiger partial charge in [0.25, 0.3) is 0 Å². The molecule has 0 aliphatic rings. The summed E-state index contributed by atoms with van der Waals surface area (Å²) in [4.78, 5) is 14.3. The fraction of sp³-hybridized carbons (Fsp3) is 0.111. The Morgan fingerprint density at radius 1 is 1.62 bits per heavy atom. The van der Waals surface area contributed by atoms with E-state index in [-0.39, 0.29) is 0 Å². The van der Waals surface area contributed by atoms with Gasteiger partial charge in [-0.25, -0.2) is 4.98 Å². The molecule has 0 spiro atoms. The van der Waals surface area contributed by atoms with Crippen LogP contribution in [0.15, 0.2) is 24.4 Å². The Bertz CT molecular complexity index is 317. The molecule has 4 nitrogen and oxygen atoms in total. The highest BCUT2D eigenvalue weighted by molar-refractivity contribution is 5.90. The number of primary amides is 1. The Hall–Kier alpha value is -1.84. The van der Waals surface area contributed by atoms with Crippen LogP contribution in [-0.2, 0) is 4.79 Å². The van der Waals surface area contributed by atoms with Gasteiger partial charge in [0, 0.05) is 18.3 Å². The number of ether oxygens (including phenoxy) is 1. The second-order valence-corrected chi connectivity index (χ2v) is 2.37. The normalized spacial score (nSPS) is 10.2. The first-order valence-corrected chi connectivity index (χ1v) is 3.70. The third-order valence-corrected chi connectivity index (χ3v) is 1.41. The molecule has 0 aliphatic heterocycles. The molecule has 68 valence electrons. The van der Waals surface area contributed by atoms with Crippen molar-refractivity contribution < 1.29 is 9.53 Å². The molecule has 0 fully saturated rings. The van der Waals surface area contributed by atoms with Crippen LogP contribution in [0, 0.1) is 0 Å². The zero-order valence-corrected chi connectivity index (χ0v) is 7.23. The maximum Gasteiger partial charge on any atom is 0.241 e. The van der Waals surface area contributed by atoms with Gasteiger partial charge in [-0.05, 0) is 17.7 Å². The van der Waals surface area contributed by atoms with Crippen LogP contribution >= 0.6 is 0 Å². The van der Waals surface area contributed by atoms with Crippen LogP contribution < -0.4 is 10.5 Å². The second kappa shape index (κ2) is 4.25. The van der Waals surface area contributed by atoms with Crippen LogP contribution in [-0.4, -0.2) is 18.0 Å². The maximum absolute atomic E-state index is 10.4. The Labute approximate surface area is 76.0 Å². The molecule has 0 saturated carbocycles. The lowest BCUT2D eigenvalue weighted by molar-refractivity contribution is -0.113. The van der Waals surface area contributed by atoms with E-state index < -0.39 is 5.91 Å². The number of hydrogen-bond donors (Lipinski definition) is 1. The van der Waals surface area contributed by atoms with Gasteiger partial charge >= 0.3 is 0 Å². The van der Waals surface area contributed by atoms with Crippen molar-refractivity contribution in [2.45, 2.75) is 0 Å². The van der Waals surface area contributed by atoms with E-state index in [2.05, 4.69) is 4.98 Å². The Morgan fingerprint density at radius 2 is 2.38 bits per heavy atom. The van der Waals surface area contributed by atoms with Gasteiger partial charge in [0.2, 0.25) is 11.8 Å². The number of pyridine rings is 1. The predicted molar refractivity (Wildman–Crippen MR) is 49.0 cm³/mol. The standard InChI is InChI=1S/C9H10N2O2/c1-13-9-5-3-7(6-11-9)2-4-8(10)12/h2-6H,1H3,(H2,10,12)/b4-2+. The van der Waals surface area contributed by atoms with E-state index in [1.807, 2.05) is 0 Å². The summed E-state index contributed by atoms with van der Waals surface area (Å²) in [5.41, 5.74) is 5.73. The lowest BCUT2D eigenvalue weighted by Gasteiger charge is -1.97. The summed E-state index contributed by atoms with van der Waals surface area (Å²) in [6, 6.07) is 3.49.